The van der Waals surface area contributed by atoms with Crippen molar-refractivity contribution in [3.05, 3.63) is 53.6 Å². The zero-order valence-corrected chi connectivity index (χ0v) is 12.9. The number of hydrogen-bond donors (Lipinski definition) is 2. The molecule has 1 aliphatic rings. The summed E-state index contributed by atoms with van der Waals surface area (Å²) in [7, 11) is 0. The Balaban J connectivity index is 1.65. The molecule has 7 heteroatoms. The van der Waals surface area contributed by atoms with E-state index in [2.05, 4.69) is 10.6 Å². The minimum atomic E-state index is -0.836. The third-order valence-electron chi connectivity index (χ3n) is 3.59. The highest BCUT2D eigenvalue weighted by molar-refractivity contribution is 5.89. The highest BCUT2D eigenvalue weighted by Crippen LogP contribution is 2.32. The van der Waals surface area contributed by atoms with Crippen LogP contribution < -0.4 is 20.1 Å². The lowest BCUT2D eigenvalue weighted by Gasteiger charge is -2.21. The molecule has 0 unspecified atom stereocenters. The lowest BCUT2D eigenvalue weighted by atomic mass is 10.1. The average molecular weight is 334 g/mol. The Morgan fingerprint density at radius 2 is 1.83 bits per heavy atom. The van der Waals surface area contributed by atoms with Crippen LogP contribution in [0.3, 0.4) is 0 Å². The summed E-state index contributed by atoms with van der Waals surface area (Å²) in [6.07, 6.45) is 0. The van der Waals surface area contributed by atoms with Gasteiger partial charge in [-0.2, -0.15) is 0 Å². The number of hydrogen-bond acceptors (Lipinski definition) is 3. The van der Waals surface area contributed by atoms with Crippen molar-refractivity contribution in [2.45, 2.75) is 13.0 Å². The van der Waals surface area contributed by atoms with Crippen molar-refractivity contribution in [2.75, 3.05) is 18.5 Å². The summed E-state index contributed by atoms with van der Waals surface area (Å²) >= 11 is 0. The molecule has 0 aliphatic carbocycles. The van der Waals surface area contributed by atoms with Crippen LogP contribution in [0.2, 0.25) is 0 Å². The molecule has 0 fully saturated rings. The van der Waals surface area contributed by atoms with Crippen molar-refractivity contribution in [1.29, 1.82) is 0 Å². The van der Waals surface area contributed by atoms with Gasteiger partial charge in [0.25, 0.3) is 0 Å². The quantitative estimate of drug-likeness (QED) is 0.901. The highest BCUT2D eigenvalue weighted by Gasteiger charge is 2.16. The van der Waals surface area contributed by atoms with E-state index in [0.717, 1.165) is 11.6 Å². The Morgan fingerprint density at radius 3 is 2.58 bits per heavy atom. The van der Waals surface area contributed by atoms with Crippen LogP contribution in [0.5, 0.6) is 11.5 Å². The van der Waals surface area contributed by atoms with E-state index < -0.39 is 17.7 Å². The summed E-state index contributed by atoms with van der Waals surface area (Å²) in [4.78, 5) is 12.0. The van der Waals surface area contributed by atoms with Gasteiger partial charge in [0.15, 0.2) is 11.5 Å². The van der Waals surface area contributed by atoms with Gasteiger partial charge in [-0.25, -0.2) is 13.6 Å². The molecule has 1 aliphatic heterocycles. The van der Waals surface area contributed by atoms with E-state index in [1.54, 1.807) is 19.1 Å². The first kappa shape index (κ1) is 16.0. The Bertz CT molecular complexity index is 767. The fourth-order valence-corrected chi connectivity index (χ4v) is 2.36. The summed E-state index contributed by atoms with van der Waals surface area (Å²) in [5.74, 6) is -0.257. The lowest BCUT2D eigenvalue weighted by Crippen LogP contribution is -2.31. The van der Waals surface area contributed by atoms with Crippen LogP contribution in [0, 0.1) is 11.6 Å². The number of ether oxygens (including phenoxy) is 2. The van der Waals surface area contributed by atoms with Crippen LogP contribution in [0.15, 0.2) is 36.4 Å². The molecular formula is C17H16F2N2O3. The largest absolute Gasteiger partial charge is 0.486 e. The van der Waals surface area contributed by atoms with Crippen LogP contribution in [-0.4, -0.2) is 19.2 Å². The summed E-state index contributed by atoms with van der Waals surface area (Å²) in [6, 6.07) is 7.39. The predicted octanol–water partition coefficient (Wildman–Crippen LogP) is 3.62. The molecule has 0 saturated carbocycles. The maximum atomic E-state index is 13.5. The van der Waals surface area contributed by atoms with Crippen molar-refractivity contribution in [3.8, 4) is 11.5 Å². The van der Waals surface area contributed by atoms with Gasteiger partial charge >= 0.3 is 6.03 Å². The molecule has 1 heterocycles. The molecule has 2 N–H and O–H groups in total. The van der Waals surface area contributed by atoms with E-state index in [-0.39, 0.29) is 11.7 Å². The second-order valence-corrected chi connectivity index (χ2v) is 5.35. The van der Waals surface area contributed by atoms with Crippen molar-refractivity contribution >= 4 is 11.7 Å². The summed E-state index contributed by atoms with van der Waals surface area (Å²) < 4.78 is 37.4. The number of fused-ring (bicyclic) bond motifs is 1. The molecule has 0 aromatic heterocycles. The van der Waals surface area contributed by atoms with Gasteiger partial charge in [0, 0.05) is 6.07 Å². The standard InChI is InChI=1S/C17H16F2N2O3/c1-10(11-2-5-15-16(8-11)24-7-6-23-15)20-17(22)21-14-4-3-12(18)9-13(14)19/h2-5,8-10H,6-7H2,1H3,(H2,20,21,22)/t10-/m0/s1. The summed E-state index contributed by atoms with van der Waals surface area (Å²) in [5.41, 5.74) is 0.720. The minimum absolute atomic E-state index is 0.0942. The molecule has 1 atom stereocenters. The second-order valence-electron chi connectivity index (χ2n) is 5.35. The zero-order valence-electron chi connectivity index (χ0n) is 12.9. The number of carbonyl (C=O) groups is 1. The third-order valence-corrected chi connectivity index (χ3v) is 3.59. The first-order valence-electron chi connectivity index (χ1n) is 7.45. The molecule has 3 rings (SSSR count). The topological polar surface area (TPSA) is 59.6 Å². The van der Waals surface area contributed by atoms with Gasteiger partial charge < -0.3 is 20.1 Å². The molecule has 2 aromatic carbocycles. The Hall–Kier alpha value is -2.83. The molecule has 24 heavy (non-hydrogen) atoms. The van der Waals surface area contributed by atoms with Crippen LogP contribution in [0.4, 0.5) is 19.3 Å². The zero-order chi connectivity index (χ0) is 17.1. The van der Waals surface area contributed by atoms with Gasteiger partial charge in [-0.3, -0.25) is 0 Å². The molecule has 0 radical (unpaired) electrons. The van der Waals surface area contributed by atoms with Gasteiger partial charge in [-0.15, -0.1) is 0 Å². The van der Waals surface area contributed by atoms with Crippen molar-refractivity contribution < 1.29 is 23.0 Å². The molecule has 126 valence electrons. The fourth-order valence-electron chi connectivity index (χ4n) is 2.36. The molecule has 2 aromatic rings. The van der Waals surface area contributed by atoms with Crippen LogP contribution in [0.1, 0.15) is 18.5 Å². The molecule has 0 saturated heterocycles. The van der Waals surface area contributed by atoms with Gasteiger partial charge in [-0.1, -0.05) is 6.07 Å². The molecule has 2 amide bonds. The smallest absolute Gasteiger partial charge is 0.319 e. The van der Waals surface area contributed by atoms with Gasteiger partial charge in [0.1, 0.15) is 24.8 Å². The molecule has 0 bridgehead atoms. The van der Waals surface area contributed by atoms with E-state index in [9.17, 15) is 13.6 Å². The average Bonchev–Trinajstić information content (AvgIpc) is 2.57. The SMILES string of the molecule is C[C@H](NC(=O)Nc1ccc(F)cc1F)c1ccc2c(c1)OCCO2. The highest BCUT2D eigenvalue weighted by atomic mass is 19.1. The molecule has 0 spiro atoms. The van der Waals surface area contributed by atoms with Crippen molar-refractivity contribution in [1.82, 2.24) is 5.32 Å². The molecule has 5 nitrogen and oxygen atoms in total. The number of anilines is 1. The second kappa shape index (κ2) is 6.74. The number of urea groups is 1. The van der Waals surface area contributed by atoms with Crippen LogP contribution >= 0.6 is 0 Å². The van der Waals surface area contributed by atoms with E-state index in [1.807, 2.05) is 6.07 Å². The normalized spacial score (nSPS) is 14.0. The maximum Gasteiger partial charge on any atom is 0.319 e. The third kappa shape index (κ3) is 3.56. The number of nitrogens with one attached hydrogen (secondary N) is 2. The number of rotatable bonds is 3. The fraction of sp³-hybridized carbons (Fsp3) is 0.235. The van der Waals surface area contributed by atoms with Gasteiger partial charge in [-0.05, 0) is 36.8 Å². The first-order valence-corrected chi connectivity index (χ1v) is 7.45. The lowest BCUT2D eigenvalue weighted by molar-refractivity contribution is 0.171. The van der Waals surface area contributed by atoms with Gasteiger partial charge in [0.05, 0.1) is 11.7 Å². The number of benzene rings is 2. The Labute approximate surface area is 137 Å². The molecular weight excluding hydrogens is 318 g/mol. The summed E-state index contributed by atoms with van der Waals surface area (Å²) in [5, 5.41) is 5.04. The number of amides is 2. The minimum Gasteiger partial charge on any atom is -0.486 e. The van der Waals surface area contributed by atoms with Crippen molar-refractivity contribution in [3.63, 3.8) is 0 Å². The van der Waals surface area contributed by atoms with E-state index in [1.165, 1.54) is 6.07 Å². The van der Waals surface area contributed by atoms with Crippen LogP contribution in [0.25, 0.3) is 0 Å². The van der Waals surface area contributed by atoms with E-state index in [4.69, 9.17) is 9.47 Å². The van der Waals surface area contributed by atoms with Crippen LogP contribution in [-0.2, 0) is 0 Å². The van der Waals surface area contributed by atoms with Crippen molar-refractivity contribution in [2.24, 2.45) is 0 Å². The number of carbonyl (C=O) groups excluding carboxylic acids is 1. The number of halogens is 2. The Kier molecular flexibility index (Phi) is 4.50. The summed E-state index contributed by atoms with van der Waals surface area (Å²) in [6.45, 7) is 2.76. The van der Waals surface area contributed by atoms with Gasteiger partial charge in [0.2, 0.25) is 0 Å². The monoisotopic (exact) mass is 334 g/mol. The predicted molar refractivity (Wildman–Crippen MR) is 84.4 cm³/mol. The first-order chi connectivity index (χ1) is 11.5. The Morgan fingerprint density at radius 1 is 1.08 bits per heavy atom. The van der Waals surface area contributed by atoms with E-state index >= 15 is 0 Å². The maximum absolute atomic E-state index is 13.5. The van der Waals surface area contributed by atoms with E-state index in [0.29, 0.717) is 30.8 Å².